The number of halogens is 1. The van der Waals surface area contributed by atoms with Crippen molar-refractivity contribution in [2.45, 2.75) is 78.3 Å². The molecule has 0 radical (unpaired) electrons. The van der Waals surface area contributed by atoms with Gasteiger partial charge >= 0.3 is 29.6 Å². The second-order valence-corrected chi connectivity index (χ2v) is 6.83. The summed E-state index contributed by atoms with van der Waals surface area (Å²) in [4.78, 5) is 23.7. The Bertz CT molecular complexity index is 569. The largest absolute Gasteiger partial charge is 1.00 e. The molecule has 0 N–H and O–H groups in total. The van der Waals surface area contributed by atoms with Crippen LogP contribution in [0.3, 0.4) is 0 Å². The van der Waals surface area contributed by atoms with Gasteiger partial charge in [0, 0.05) is 38.1 Å². The molecular weight excluding hydrogens is 375 g/mol. The number of carboxylic acid groups (broad SMARTS) is 1. The minimum Gasteiger partial charge on any atom is -1.00 e. The van der Waals surface area contributed by atoms with Gasteiger partial charge in [0.05, 0.1) is 0 Å². The molecule has 1 saturated heterocycles. The molecule has 3 unspecified atom stereocenters. The van der Waals surface area contributed by atoms with E-state index in [1.807, 2.05) is 17.0 Å². The molecule has 1 amide bonds. The van der Waals surface area contributed by atoms with Crippen molar-refractivity contribution in [3.05, 3.63) is 30.1 Å². The van der Waals surface area contributed by atoms with E-state index >= 15 is 0 Å². The second kappa shape index (κ2) is 14.4. The van der Waals surface area contributed by atoms with E-state index in [1.165, 1.54) is 5.56 Å². The minimum atomic E-state index is -1.06. The van der Waals surface area contributed by atoms with Gasteiger partial charge in [-0.1, -0.05) is 20.8 Å². The molecule has 0 spiro atoms. The Kier molecular flexibility index (Phi) is 15.2. The van der Waals surface area contributed by atoms with Crippen molar-refractivity contribution in [1.29, 1.82) is 0 Å². The molecule has 27 heavy (non-hydrogen) atoms. The summed E-state index contributed by atoms with van der Waals surface area (Å²) in [6.45, 7) is 11.1. The summed E-state index contributed by atoms with van der Waals surface area (Å²) >= 11 is 0. The molecule has 1 aromatic heterocycles. The molecule has 1 aromatic rings. The molecule has 0 aliphatic carbocycles. The van der Waals surface area contributed by atoms with Crippen LogP contribution in [0.1, 0.15) is 77.8 Å². The van der Waals surface area contributed by atoms with Crippen LogP contribution < -0.4 is 51.6 Å². The first-order chi connectivity index (χ1) is 11.8. The first-order valence-corrected chi connectivity index (χ1v) is 9.32. The van der Waals surface area contributed by atoms with Gasteiger partial charge in [-0.05, 0) is 37.7 Å². The number of hydrogen-bond acceptors (Lipinski definition) is 3. The number of carboxylic acids is 1. The van der Waals surface area contributed by atoms with Crippen LogP contribution in [-0.4, -0.2) is 29.4 Å². The van der Waals surface area contributed by atoms with Gasteiger partial charge in [-0.2, -0.15) is 4.57 Å². The van der Waals surface area contributed by atoms with E-state index in [0.29, 0.717) is 17.9 Å². The zero-order chi connectivity index (χ0) is 19.0. The SMILES string of the molecule is CCC(C)N1CCCC1=O.CCC(C)c1cc[n+](C(C)C(=O)[O-])cc1.[Cl-].[Na+]. The van der Waals surface area contributed by atoms with Gasteiger partial charge in [-0.3, -0.25) is 4.79 Å². The van der Waals surface area contributed by atoms with Gasteiger partial charge in [0.25, 0.3) is 0 Å². The van der Waals surface area contributed by atoms with Gasteiger partial charge in [0.15, 0.2) is 18.4 Å². The molecule has 5 nitrogen and oxygen atoms in total. The molecule has 3 atom stereocenters. The van der Waals surface area contributed by atoms with Gasteiger partial charge in [0.1, 0.15) is 5.97 Å². The van der Waals surface area contributed by atoms with Gasteiger partial charge in [0.2, 0.25) is 5.91 Å². The molecule has 148 valence electrons. The smallest absolute Gasteiger partial charge is 1.00 e. The van der Waals surface area contributed by atoms with Crippen molar-refractivity contribution in [1.82, 2.24) is 4.90 Å². The molecule has 2 heterocycles. The summed E-state index contributed by atoms with van der Waals surface area (Å²) in [6, 6.07) is 3.77. The number of rotatable bonds is 6. The van der Waals surface area contributed by atoms with Crippen molar-refractivity contribution in [3.63, 3.8) is 0 Å². The quantitative estimate of drug-likeness (QED) is 0.360. The normalized spacial score (nSPS) is 16.2. The minimum absolute atomic E-state index is 0. The average Bonchev–Trinajstić information content (AvgIpc) is 3.06. The molecule has 2 rings (SSSR count). The monoisotopic (exact) mass is 406 g/mol. The van der Waals surface area contributed by atoms with Crippen molar-refractivity contribution < 1.29 is 61.2 Å². The summed E-state index contributed by atoms with van der Waals surface area (Å²) in [6.07, 6.45) is 7.57. The standard InChI is InChI=1S/C12H17NO2.C8H15NO.ClH.Na/c1-4-9(2)11-5-7-13(8-6-11)10(3)12(14)15;1-3-7(2)9-6-4-5-8(9)10;;/h5-10H,4H2,1-3H3;7H,3-6H2,1-2H3;1H;/q;;;+1/p-1. The third kappa shape index (κ3) is 8.95. The average molecular weight is 407 g/mol. The topological polar surface area (TPSA) is 64.3 Å². The molecule has 1 aliphatic rings. The van der Waals surface area contributed by atoms with Crippen LogP contribution in [0.25, 0.3) is 0 Å². The van der Waals surface area contributed by atoms with Crippen LogP contribution in [0.5, 0.6) is 0 Å². The molecule has 1 fully saturated rings. The van der Waals surface area contributed by atoms with Gasteiger partial charge in [-0.15, -0.1) is 0 Å². The van der Waals surface area contributed by atoms with E-state index < -0.39 is 12.0 Å². The van der Waals surface area contributed by atoms with E-state index in [0.717, 1.165) is 32.2 Å². The fourth-order valence-corrected chi connectivity index (χ4v) is 2.75. The number of nitrogens with zero attached hydrogens (tertiary/aromatic N) is 2. The molecule has 7 heteroatoms. The van der Waals surface area contributed by atoms with Crippen LogP contribution in [0.15, 0.2) is 24.5 Å². The fraction of sp³-hybridized carbons (Fsp3) is 0.650. The maximum absolute atomic E-state index is 11.1. The zero-order valence-corrected chi connectivity index (χ0v) is 20.3. The number of hydrogen-bond donors (Lipinski definition) is 0. The number of aliphatic carboxylic acids is 1. The van der Waals surface area contributed by atoms with Crippen molar-refractivity contribution in [2.75, 3.05) is 6.54 Å². The van der Waals surface area contributed by atoms with E-state index in [9.17, 15) is 14.7 Å². The first-order valence-electron chi connectivity index (χ1n) is 9.32. The Morgan fingerprint density at radius 1 is 1.19 bits per heavy atom. The number of carbonyl (C=O) groups is 2. The summed E-state index contributed by atoms with van der Waals surface area (Å²) < 4.78 is 1.64. The van der Waals surface area contributed by atoms with E-state index in [2.05, 4.69) is 27.7 Å². The van der Waals surface area contributed by atoms with E-state index in [-0.39, 0.29) is 42.0 Å². The summed E-state index contributed by atoms with van der Waals surface area (Å²) in [7, 11) is 0. The number of aromatic nitrogens is 1. The molecule has 0 saturated carbocycles. The van der Waals surface area contributed by atoms with Crippen LogP contribution in [0.4, 0.5) is 0 Å². The molecule has 1 aliphatic heterocycles. The van der Waals surface area contributed by atoms with Crippen LogP contribution >= 0.6 is 0 Å². The zero-order valence-electron chi connectivity index (χ0n) is 17.6. The summed E-state index contributed by atoms with van der Waals surface area (Å²) in [5.74, 6) is -0.205. The second-order valence-electron chi connectivity index (χ2n) is 6.83. The molecule has 0 bridgehead atoms. The maximum atomic E-state index is 11.1. The fourth-order valence-electron chi connectivity index (χ4n) is 2.75. The molecular formula is C20H32ClN2NaO3. The number of carbonyl (C=O) groups excluding carboxylic acids is 2. The Balaban J connectivity index is 0. The van der Waals surface area contributed by atoms with Crippen LogP contribution in [0, 0.1) is 0 Å². The Labute approximate surface area is 192 Å². The van der Waals surface area contributed by atoms with Gasteiger partial charge < -0.3 is 27.2 Å². The van der Waals surface area contributed by atoms with E-state index in [4.69, 9.17) is 0 Å². The summed E-state index contributed by atoms with van der Waals surface area (Å²) in [5.41, 5.74) is 1.24. The van der Waals surface area contributed by atoms with Crippen molar-refractivity contribution in [2.24, 2.45) is 0 Å². The third-order valence-electron chi connectivity index (χ3n) is 5.08. The van der Waals surface area contributed by atoms with Crippen molar-refractivity contribution in [3.8, 4) is 0 Å². The predicted octanol–water partition coefficient (Wildman–Crippen LogP) is -3.79. The predicted molar refractivity (Wildman–Crippen MR) is 95.8 cm³/mol. The Morgan fingerprint density at radius 3 is 2.11 bits per heavy atom. The maximum Gasteiger partial charge on any atom is 1.00 e. The van der Waals surface area contributed by atoms with E-state index in [1.54, 1.807) is 23.9 Å². The number of pyridine rings is 1. The molecule has 0 aromatic carbocycles. The summed E-state index contributed by atoms with van der Waals surface area (Å²) in [5, 5.41) is 10.6. The number of amides is 1. The third-order valence-corrected chi connectivity index (χ3v) is 5.08. The van der Waals surface area contributed by atoms with Crippen LogP contribution in [0.2, 0.25) is 0 Å². The number of likely N-dealkylation sites (tertiary alicyclic amines) is 1. The first kappa shape index (κ1) is 28.6. The van der Waals surface area contributed by atoms with Crippen LogP contribution in [-0.2, 0) is 9.59 Å². The Hall–Kier alpha value is -0.620. The van der Waals surface area contributed by atoms with Crippen molar-refractivity contribution >= 4 is 11.9 Å². The Morgan fingerprint density at radius 2 is 1.74 bits per heavy atom. The van der Waals surface area contributed by atoms with Gasteiger partial charge in [-0.25, -0.2) is 0 Å².